The van der Waals surface area contributed by atoms with Crippen molar-refractivity contribution in [3.05, 3.63) is 64.6 Å². The van der Waals surface area contributed by atoms with Gasteiger partial charge in [0, 0.05) is 6.07 Å². The molecule has 0 radical (unpaired) electrons. The summed E-state index contributed by atoms with van der Waals surface area (Å²) in [5.41, 5.74) is 4.00. The van der Waals surface area contributed by atoms with Gasteiger partial charge < -0.3 is 4.74 Å². The van der Waals surface area contributed by atoms with Gasteiger partial charge in [-0.1, -0.05) is 61.2 Å². The highest BCUT2D eigenvalue weighted by Crippen LogP contribution is 2.39. The van der Waals surface area contributed by atoms with E-state index >= 15 is 0 Å². The number of thioether (sulfide) groups is 1. The quantitative estimate of drug-likeness (QED) is 0.557. The van der Waals surface area contributed by atoms with Gasteiger partial charge in [-0.25, -0.2) is 0 Å². The van der Waals surface area contributed by atoms with E-state index in [-0.39, 0.29) is 5.91 Å². The molecule has 2 aromatic carbocycles. The molecule has 5 heteroatoms. The topological polar surface area (TPSA) is 29.5 Å². The fourth-order valence-electron chi connectivity index (χ4n) is 2.69. The van der Waals surface area contributed by atoms with Crippen LogP contribution in [0.5, 0.6) is 5.75 Å². The highest BCUT2D eigenvalue weighted by Gasteiger charge is 2.35. The first kappa shape index (κ1) is 17.7. The van der Waals surface area contributed by atoms with Gasteiger partial charge in [0.2, 0.25) is 0 Å². The van der Waals surface area contributed by atoms with Gasteiger partial charge in [-0.15, -0.1) is 0 Å². The first-order chi connectivity index (χ1) is 12.0. The number of allylic oxidation sites excluding steroid dienone is 1. The van der Waals surface area contributed by atoms with E-state index in [1.54, 1.807) is 12.0 Å². The van der Waals surface area contributed by atoms with Gasteiger partial charge in [-0.2, -0.15) is 0 Å². The van der Waals surface area contributed by atoms with Gasteiger partial charge in [0.25, 0.3) is 5.91 Å². The van der Waals surface area contributed by atoms with Crippen molar-refractivity contribution in [1.29, 1.82) is 0 Å². The van der Waals surface area contributed by atoms with Crippen LogP contribution in [0, 0.1) is 0 Å². The van der Waals surface area contributed by atoms with E-state index in [1.807, 2.05) is 31.2 Å². The van der Waals surface area contributed by atoms with Crippen molar-refractivity contribution in [1.82, 2.24) is 0 Å². The summed E-state index contributed by atoms with van der Waals surface area (Å²) in [4.78, 5) is 15.2. The summed E-state index contributed by atoms with van der Waals surface area (Å²) in [6.07, 6.45) is 0.997. The number of ether oxygens (including phenoxy) is 1. The van der Waals surface area contributed by atoms with Crippen LogP contribution < -0.4 is 9.64 Å². The number of hydrogen-bond acceptors (Lipinski definition) is 4. The number of carbonyl (C=O) groups is 1. The molecule has 1 heterocycles. The molecule has 1 amide bonds. The number of anilines is 1. The number of rotatable bonds is 4. The van der Waals surface area contributed by atoms with E-state index in [4.69, 9.17) is 17.0 Å². The molecule has 2 aromatic rings. The maximum absolute atomic E-state index is 13.0. The van der Waals surface area contributed by atoms with Crippen LogP contribution in [0.1, 0.15) is 25.0 Å². The lowest BCUT2D eigenvalue weighted by molar-refractivity contribution is -0.113. The molecule has 1 saturated heterocycles. The van der Waals surface area contributed by atoms with Crippen LogP contribution in [0.15, 0.2) is 53.4 Å². The first-order valence-electron chi connectivity index (χ1n) is 8.05. The molecular formula is C20H19NO2S2. The number of methoxy groups -OCH3 is 1. The second kappa shape index (κ2) is 7.42. The second-order valence-electron chi connectivity index (χ2n) is 5.71. The van der Waals surface area contributed by atoms with Crippen LogP contribution in [0.2, 0.25) is 0 Å². The van der Waals surface area contributed by atoms with Crippen LogP contribution in [-0.2, 0) is 11.2 Å². The summed E-state index contributed by atoms with van der Waals surface area (Å²) in [6.45, 7) is 4.10. The summed E-state index contributed by atoms with van der Waals surface area (Å²) in [6, 6.07) is 15.7. The average molecular weight is 370 g/mol. The molecule has 128 valence electrons. The number of aryl methyl sites for hydroxylation is 1. The van der Waals surface area contributed by atoms with Crippen molar-refractivity contribution in [2.75, 3.05) is 12.0 Å². The lowest BCUT2D eigenvalue weighted by Crippen LogP contribution is -2.27. The molecule has 0 aromatic heterocycles. The number of amides is 1. The molecule has 1 aliphatic rings. The Bertz CT molecular complexity index is 856. The van der Waals surface area contributed by atoms with Crippen LogP contribution in [0.25, 0.3) is 5.57 Å². The summed E-state index contributed by atoms with van der Waals surface area (Å²) in [5, 5.41) is 0. The van der Waals surface area contributed by atoms with E-state index in [0.717, 1.165) is 23.2 Å². The van der Waals surface area contributed by atoms with Gasteiger partial charge in [0.15, 0.2) is 4.32 Å². The Morgan fingerprint density at radius 2 is 1.92 bits per heavy atom. The minimum Gasteiger partial charge on any atom is -0.497 e. The Balaban J connectivity index is 1.96. The molecule has 3 rings (SSSR count). The molecule has 0 atom stereocenters. The molecule has 0 saturated carbocycles. The Hall–Kier alpha value is -2.11. The molecule has 25 heavy (non-hydrogen) atoms. The van der Waals surface area contributed by atoms with E-state index in [0.29, 0.717) is 15.0 Å². The van der Waals surface area contributed by atoms with Gasteiger partial charge in [0.1, 0.15) is 5.75 Å². The lowest BCUT2D eigenvalue weighted by atomic mass is 10.0. The van der Waals surface area contributed by atoms with Gasteiger partial charge in [0.05, 0.1) is 17.7 Å². The summed E-state index contributed by atoms with van der Waals surface area (Å²) < 4.78 is 5.79. The van der Waals surface area contributed by atoms with Gasteiger partial charge in [-0.3, -0.25) is 9.69 Å². The zero-order valence-electron chi connectivity index (χ0n) is 14.4. The average Bonchev–Trinajstić information content (AvgIpc) is 2.95. The van der Waals surface area contributed by atoms with Crippen molar-refractivity contribution in [2.24, 2.45) is 0 Å². The van der Waals surface area contributed by atoms with Crippen molar-refractivity contribution >= 4 is 45.5 Å². The van der Waals surface area contributed by atoms with Gasteiger partial charge in [-0.05, 0) is 42.2 Å². The van der Waals surface area contributed by atoms with Crippen LogP contribution in [0.4, 0.5) is 5.69 Å². The van der Waals surface area contributed by atoms with Crippen molar-refractivity contribution in [3.63, 3.8) is 0 Å². The van der Waals surface area contributed by atoms with E-state index < -0.39 is 0 Å². The number of thiocarbonyl (C=S) groups is 1. The molecule has 1 aliphatic heterocycles. The molecule has 3 nitrogen and oxygen atoms in total. The zero-order chi connectivity index (χ0) is 18.0. The fraction of sp³-hybridized carbons (Fsp3) is 0.200. The minimum atomic E-state index is -0.0830. The molecular weight excluding hydrogens is 350 g/mol. The Labute approximate surface area is 157 Å². The maximum atomic E-state index is 13.0. The third-order valence-corrected chi connectivity index (χ3v) is 5.69. The third kappa shape index (κ3) is 3.48. The molecule has 1 fully saturated rings. The first-order valence-corrected chi connectivity index (χ1v) is 9.28. The predicted molar refractivity (Wildman–Crippen MR) is 109 cm³/mol. The molecule has 0 spiro atoms. The largest absolute Gasteiger partial charge is 0.497 e. The molecule has 0 aliphatic carbocycles. The van der Waals surface area contributed by atoms with E-state index in [1.165, 1.54) is 17.3 Å². The minimum absolute atomic E-state index is 0.0830. The summed E-state index contributed by atoms with van der Waals surface area (Å²) in [5.74, 6) is 0.614. The van der Waals surface area contributed by atoms with Crippen LogP contribution >= 0.6 is 24.0 Å². The maximum Gasteiger partial charge on any atom is 0.271 e. The normalized spacial score (nSPS) is 16.4. The van der Waals surface area contributed by atoms with E-state index in [9.17, 15) is 4.79 Å². The SMILES string of the molecule is CCc1ccc(/C(C)=C2\SC(=S)N(c3cccc(OC)c3)C2=O)cc1. The zero-order valence-corrected chi connectivity index (χ0v) is 16.0. The van der Waals surface area contributed by atoms with Gasteiger partial charge >= 0.3 is 0 Å². The van der Waals surface area contributed by atoms with Crippen molar-refractivity contribution in [3.8, 4) is 5.75 Å². The third-order valence-electron chi connectivity index (χ3n) is 4.22. The lowest BCUT2D eigenvalue weighted by Gasteiger charge is -2.15. The fourth-order valence-corrected chi connectivity index (χ4v) is 4.03. The smallest absolute Gasteiger partial charge is 0.271 e. The number of hydrogen-bond donors (Lipinski definition) is 0. The molecule has 0 N–H and O–H groups in total. The van der Waals surface area contributed by atoms with Crippen molar-refractivity contribution in [2.45, 2.75) is 20.3 Å². The van der Waals surface area contributed by atoms with Crippen LogP contribution in [-0.4, -0.2) is 17.3 Å². The number of carbonyl (C=O) groups excluding carboxylic acids is 1. The highest BCUT2D eigenvalue weighted by atomic mass is 32.2. The Morgan fingerprint density at radius 3 is 2.56 bits per heavy atom. The Kier molecular flexibility index (Phi) is 5.25. The summed E-state index contributed by atoms with van der Waals surface area (Å²) in [7, 11) is 1.60. The Morgan fingerprint density at radius 1 is 1.20 bits per heavy atom. The number of benzene rings is 2. The highest BCUT2D eigenvalue weighted by molar-refractivity contribution is 8.27. The monoisotopic (exact) mass is 369 g/mol. The number of nitrogens with zero attached hydrogens (tertiary/aromatic N) is 1. The molecule has 0 unspecified atom stereocenters. The predicted octanol–water partition coefficient (Wildman–Crippen LogP) is 5.05. The molecule has 0 bridgehead atoms. The van der Waals surface area contributed by atoms with Crippen molar-refractivity contribution < 1.29 is 9.53 Å². The summed E-state index contributed by atoms with van der Waals surface area (Å²) >= 11 is 6.81. The standard InChI is InChI=1S/C20H19NO2S2/c1-4-14-8-10-15(11-9-14)13(2)18-19(22)21(20(24)25-18)16-6-5-7-17(12-16)23-3/h5-12H,4H2,1-3H3/b18-13-. The van der Waals surface area contributed by atoms with E-state index in [2.05, 4.69) is 31.2 Å². The van der Waals surface area contributed by atoms with Crippen LogP contribution in [0.3, 0.4) is 0 Å². The second-order valence-corrected chi connectivity index (χ2v) is 7.36.